The number of rotatable bonds is 9. The quantitative estimate of drug-likeness (QED) is 0.559. The highest BCUT2D eigenvalue weighted by Gasteiger charge is 2.38. The van der Waals surface area contributed by atoms with Crippen molar-refractivity contribution in [1.29, 1.82) is 0 Å². The number of hydrogen-bond acceptors (Lipinski definition) is 8. The Bertz CT molecular complexity index is 708. The molecule has 0 aromatic heterocycles. The van der Waals surface area contributed by atoms with Gasteiger partial charge in [0.15, 0.2) is 6.10 Å². The van der Waals surface area contributed by atoms with Gasteiger partial charge in [0.05, 0.1) is 19.8 Å². The van der Waals surface area contributed by atoms with Crippen molar-refractivity contribution in [3.63, 3.8) is 0 Å². The summed E-state index contributed by atoms with van der Waals surface area (Å²) in [5.74, 6) is 0.239. The van der Waals surface area contributed by atoms with Crippen LogP contribution in [0.25, 0.3) is 0 Å². The van der Waals surface area contributed by atoms with Gasteiger partial charge in [0, 0.05) is 26.2 Å². The van der Waals surface area contributed by atoms with Crippen LogP contribution in [0.3, 0.4) is 0 Å². The number of carbonyl (C=O) groups excluding carboxylic acids is 2. The SMILES string of the molecule is CCC(N1CCNCC1)N1CC(COc2ccc(CC(N)C(=O)OC)cc2)OC1=O. The summed E-state index contributed by atoms with van der Waals surface area (Å²) < 4.78 is 16.0. The third-order valence-corrected chi connectivity index (χ3v) is 5.52. The molecule has 2 heterocycles. The molecule has 9 nitrogen and oxygen atoms in total. The predicted molar refractivity (Wildman–Crippen MR) is 111 cm³/mol. The zero-order valence-electron chi connectivity index (χ0n) is 17.7. The second-order valence-electron chi connectivity index (χ2n) is 7.62. The number of ether oxygens (including phenoxy) is 3. The third-order valence-electron chi connectivity index (χ3n) is 5.52. The zero-order chi connectivity index (χ0) is 21.5. The molecule has 2 aliphatic rings. The molecule has 2 aliphatic heterocycles. The van der Waals surface area contributed by atoms with Crippen molar-refractivity contribution in [3.8, 4) is 5.75 Å². The number of carbonyl (C=O) groups is 2. The maximum atomic E-state index is 12.4. The Labute approximate surface area is 177 Å². The number of nitrogens with two attached hydrogens (primary N) is 1. The molecule has 3 rings (SSSR count). The van der Waals surface area contributed by atoms with Gasteiger partial charge in [0.25, 0.3) is 0 Å². The van der Waals surface area contributed by atoms with Crippen LogP contribution in [0.2, 0.25) is 0 Å². The van der Waals surface area contributed by atoms with Crippen LogP contribution in [0.5, 0.6) is 5.75 Å². The summed E-state index contributed by atoms with van der Waals surface area (Å²) >= 11 is 0. The Balaban J connectivity index is 1.49. The molecule has 0 aliphatic carbocycles. The van der Waals surface area contributed by atoms with Crippen LogP contribution < -0.4 is 15.8 Å². The molecule has 3 unspecified atom stereocenters. The second kappa shape index (κ2) is 10.6. The second-order valence-corrected chi connectivity index (χ2v) is 7.62. The molecule has 1 aromatic carbocycles. The van der Waals surface area contributed by atoms with E-state index in [2.05, 4.69) is 21.9 Å². The van der Waals surface area contributed by atoms with Gasteiger partial charge in [-0.1, -0.05) is 19.1 Å². The Morgan fingerprint density at radius 2 is 2.00 bits per heavy atom. The molecule has 2 fully saturated rings. The summed E-state index contributed by atoms with van der Waals surface area (Å²) in [6.07, 6.45) is 0.732. The molecular weight excluding hydrogens is 388 g/mol. The van der Waals surface area contributed by atoms with Crippen molar-refractivity contribution in [3.05, 3.63) is 29.8 Å². The van der Waals surface area contributed by atoms with E-state index in [4.69, 9.17) is 15.2 Å². The van der Waals surface area contributed by atoms with E-state index in [0.29, 0.717) is 25.3 Å². The average Bonchev–Trinajstić information content (AvgIpc) is 3.14. The minimum atomic E-state index is -0.687. The number of amides is 1. The lowest BCUT2D eigenvalue weighted by Gasteiger charge is -2.38. The van der Waals surface area contributed by atoms with E-state index in [0.717, 1.165) is 38.2 Å². The van der Waals surface area contributed by atoms with E-state index in [9.17, 15) is 9.59 Å². The first-order chi connectivity index (χ1) is 14.5. The molecule has 3 atom stereocenters. The Morgan fingerprint density at radius 1 is 1.30 bits per heavy atom. The fourth-order valence-corrected chi connectivity index (χ4v) is 3.93. The summed E-state index contributed by atoms with van der Waals surface area (Å²) in [6.45, 7) is 6.63. The third kappa shape index (κ3) is 5.62. The fourth-order valence-electron chi connectivity index (χ4n) is 3.93. The monoisotopic (exact) mass is 420 g/mol. The average molecular weight is 421 g/mol. The molecule has 30 heavy (non-hydrogen) atoms. The fraction of sp³-hybridized carbons (Fsp3) is 0.619. The first-order valence-electron chi connectivity index (χ1n) is 10.5. The summed E-state index contributed by atoms with van der Waals surface area (Å²) in [5.41, 5.74) is 6.71. The van der Waals surface area contributed by atoms with Crippen molar-refractivity contribution < 1.29 is 23.8 Å². The Kier molecular flexibility index (Phi) is 7.89. The van der Waals surface area contributed by atoms with Gasteiger partial charge in [-0.05, 0) is 30.5 Å². The predicted octanol–water partition coefficient (Wildman–Crippen LogP) is 0.570. The van der Waals surface area contributed by atoms with Gasteiger partial charge in [-0.15, -0.1) is 0 Å². The molecule has 0 spiro atoms. The van der Waals surface area contributed by atoms with Crippen LogP contribution in [0.4, 0.5) is 4.79 Å². The molecule has 0 radical (unpaired) electrons. The first kappa shape index (κ1) is 22.3. The lowest BCUT2D eigenvalue weighted by Crippen LogP contribution is -2.55. The summed E-state index contributed by atoms with van der Waals surface area (Å²) in [5, 5.41) is 3.34. The van der Waals surface area contributed by atoms with Crippen LogP contribution in [-0.2, 0) is 20.7 Å². The Morgan fingerprint density at radius 3 is 2.63 bits per heavy atom. The summed E-state index contributed by atoms with van der Waals surface area (Å²) in [4.78, 5) is 28.0. The molecule has 2 saturated heterocycles. The maximum absolute atomic E-state index is 12.4. The molecule has 0 saturated carbocycles. The molecule has 9 heteroatoms. The normalized spacial score (nSPS) is 21.8. The number of nitrogens with one attached hydrogen (secondary N) is 1. The number of esters is 1. The van der Waals surface area contributed by atoms with E-state index in [1.165, 1.54) is 7.11 Å². The highest BCUT2D eigenvalue weighted by atomic mass is 16.6. The van der Waals surface area contributed by atoms with Crippen LogP contribution >= 0.6 is 0 Å². The number of methoxy groups -OCH3 is 1. The number of cyclic esters (lactones) is 1. The van der Waals surface area contributed by atoms with Gasteiger partial charge in [-0.2, -0.15) is 0 Å². The van der Waals surface area contributed by atoms with Crippen LogP contribution in [0.1, 0.15) is 18.9 Å². The molecule has 0 bridgehead atoms. The van der Waals surface area contributed by atoms with Crippen molar-refractivity contribution in [2.45, 2.75) is 38.1 Å². The smallest absolute Gasteiger partial charge is 0.411 e. The molecule has 1 amide bonds. The lowest BCUT2D eigenvalue weighted by molar-refractivity contribution is -0.142. The zero-order valence-corrected chi connectivity index (χ0v) is 17.7. The van der Waals surface area contributed by atoms with Crippen molar-refractivity contribution in [2.24, 2.45) is 5.73 Å². The minimum absolute atomic E-state index is 0.0582. The minimum Gasteiger partial charge on any atom is -0.490 e. The molecule has 3 N–H and O–H groups in total. The van der Waals surface area contributed by atoms with Crippen LogP contribution in [0.15, 0.2) is 24.3 Å². The van der Waals surface area contributed by atoms with E-state index in [1.807, 2.05) is 29.2 Å². The van der Waals surface area contributed by atoms with Crippen molar-refractivity contribution in [1.82, 2.24) is 15.1 Å². The number of hydrogen-bond donors (Lipinski definition) is 2. The van der Waals surface area contributed by atoms with Gasteiger partial charge in [-0.3, -0.25) is 14.6 Å². The van der Waals surface area contributed by atoms with Gasteiger partial charge in [-0.25, -0.2) is 4.79 Å². The highest BCUT2D eigenvalue weighted by molar-refractivity contribution is 5.75. The summed E-state index contributed by atoms with van der Waals surface area (Å²) in [7, 11) is 1.32. The first-order valence-corrected chi connectivity index (χ1v) is 10.5. The topological polar surface area (TPSA) is 106 Å². The van der Waals surface area contributed by atoms with Crippen molar-refractivity contribution in [2.75, 3.05) is 46.4 Å². The largest absolute Gasteiger partial charge is 0.490 e. The van der Waals surface area contributed by atoms with Crippen molar-refractivity contribution >= 4 is 12.1 Å². The van der Waals surface area contributed by atoms with E-state index in [-0.39, 0.29) is 18.4 Å². The molecule has 166 valence electrons. The highest BCUT2D eigenvalue weighted by Crippen LogP contribution is 2.21. The van der Waals surface area contributed by atoms with E-state index >= 15 is 0 Å². The molecular formula is C21H32N4O5. The van der Waals surface area contributed by atoms with Crippen LogP contribution in [0, 0.1) is 0 Å². The summed E-state index contributed by atoms with van der Waals surface area (Å²) in [6, 6.07) is 6.69. The maximum Gasteiger partial charge on any atom is 0.411 e. The number of benzene rings is 1. The van der Waals surface area contributed by atoms with Gasteiger partial charge >= 0.3 is 12.1 Å². The lowest BCUT2D eigenvalue weighted by atomic mass is 10.1. The van der Waals surface area contributed by atoms with Gasteiger partial charge < -0.3 is 25.3 Å². The Hall–Kier alpha value is -2.36. The standard InChI is InChI=1S/C21H32N4O5/c1-3-19(24-10-8-23-9-11-24)25-13-17(30-21(25)27)14-29-16-6-4-15(5-7-16)12-18(22)20(26)28-2/h4-7,17-19,23H,3,8-14,22H2,1-2H3. The van der Waals surface area contributed by atoms with Crippen LogP contribution in [-0.4, -0.2) is 86.6 Å². The van der Waals surface area contributed by atoms with E-state index < -0.39 is 12.0 Å². The van der Waals surface area contributed by atoms with Gasteiger partial charge in [0.1, 0.15) is 18.4 Å². The number of piperazine rings is 1. The van der Waals surface area contributed by atoms with Gasteiger partial charge in [0.2, 0.25) is 0 Å². The van der Waals surface area contributed by atoms with E-state index in [1.54, 1.807) is 0 Å². The molecule has 1 aromatic rings. The number of nitrogens with zero attached hydrogens (tertiary/aromatic N) is 2.